The molecule has 0 aromatic heterocycles. The Labute approximate surface area is 164 Å². The normalized spacial score (nSPS) is 21.9. The van der Waals surface area contributed by atoms with E-state index in [1.165, 1.54) is 6.07 Å². The first-order valence-corrected chi connectivity index (χ1v) is 9.35. The van der Waals surface area contributed by atoms with Gasteiger partial charge in [-0.3, -0.25) is 4.79 Å². The van der Waals surface area contributed by atoms with Gasteiger partial charge in [-0.1, -0.05) is 70.2 Å². The molecule has 0 saturated heterocycles. The summed E-state index contributed by atoms with van der Waals surface area (Å²) in [6.45, 7) is 12.1. The van der Waals surface area contributed by atoms with Gasteiger partial charge in [0.15, 0.2) is 0 Å². The molecule has 0 amide bonds. The van der Waals surface area contributed by atoms with Crippen molar-refractivity contribution in [3.8, 4) is 17.2 Å². The summed E-state index contributed by atoms with van der Waals surface area (Å²) in [6.07, 6.45) is 1.23. The Morgan fingerprint density at radius 3 is 2.56 bits per heavy atom. The fourth-order valence-electron chi connectivity index (χ4n) is 3.69. The van der Waals surface area contributed by atoms with E-state index in [1.807, 2.05) is 51.1 Å². The number of hydrogen-bond donors (Lipinski definition) is 0. The third-order valence-electron chi connectivity index (χ3n) is 5.42. The zero-order valence-electron chi connectivity index (χ0n) is 16.5. The number of halogens is 1. The molecule has 0 aliphatic heterocycles. The number of nitrogens with zero attached hydrogens (tertiary/aromatic N) is 1. The molecule has 1 saturated carbocycles. The van der Waals surface area contributed by atoms with Crippen LogP contribution >= 0.6 is 0 Å². The van der Waals surface area contributed by atoms with Crippen molar-refractivity contribution in [3.05, 3.63) is 71.6 Å². The molecule has 1 aliphatic rings. The number of ketones is 1. The summed E-state index contributed by atoms with van der Waals surface area (Å²) in [5.74, 6) is -0.383. The van der Waals surface area contributed by atoms with E-state index in [0.29, 0.717) is 6.42 Å². The molecule has 0 heterocycles. The fourth-order valence-corrected chi connectivity index (χ4v) is 3.69. The van der Waals surface area contributed by atoms with Crippen LogP contribution in [0.25, 0.3) is 11.1 Å². The van der Waals surface area contributed by atoms with Gasteiger partial charge < -0.3 is 0 Å². The third kappa shape index (κ3) is 4.01. The molecule has 144 valence electrons. The maximum absolute atomic E-state index is 13.6. The van der Waals surface area contributed by atoms with E-state index < -0.39 is 5.82 Å². The monoisotopic (exact) mass is 367 g/mol. The first-order chi connectivity index (χ1) is 12.8. The van der Waals surface area contributed by atoms with Crippen molar-refractivity contribution in [1.29, 1.82) is 5.26 Å². The van der Waals surface area contributed by atoms with Crippen molar-refractivity contribution in [2.24, 2.45) is 5.92 Å². The van der Waals surface area contributed by atoms with Crippen LogP contribution in [0.2, 0.25) is 0 Å². The summed E-state index contributed by atoms with van der Waals surface area (Å²) < 4.78 is 13.6. The lowest BCUT2D eigenvalue weighted by Crippen LogP contribution is -2.40. The second-order valence-electron chi connectivity index (χ2n) is 7.10. The maximum atomic E-state index is 13.6. The molecule has 2 nitrogen and oxygen atoms in total. The van der Waals surface area contributed by atoms with Crippen LogP contribution < -0.4 is 0 Å². The molecule has 1 aliphatic carbocycles. The van der Waals surface area contributed by atoms with Gasteiger partial charge in [0, 0.05) is 20.6 Å². The highest BCUT2D eigenvalue weighted by molar-refractivity contribution is 5.86. The molecule has 1 fully saturated rings. The molecular weight excluding hydrogens is 337 g/mol. The van der Waals surface area contributed by atoms with E-state index in [1.54, 1.807) is 12.1 Å². The van der Waals surface area contributed by atoms with Crippen LogP contribution in [0.4, 0.5) is 4.39 Å². The minimum Gasteiger partial charge on any atom is -0.299 e. The number of hydrogen-bond acceptors (Lipinski definition) is 2. The second kappa shape index (κ2) is 8.31. The lowest BCUT2D eigenvalue weighted by atomic mass is 9.62. The number of carbonyl (C=O) groups excluding carboxylic acids is 1. The molecule has 3 heteroatoms. The van der Waals surface area contributed by atoms with Crippen LogP contribution in [0, 0.1) is 23.1 Å². The van der Waals surface area contributed by atoms with Crippen molar-refractivity contribution in [3.63, 3.8) is 0 Å². The van der Waals surface area contributed by atoms with E-state index in [0.717, 1.165) is 28.7 Å². The van der Waals surface area contributed by atoms with Gasteiger partial charge in [-0.2, -0.15) is 5.26 Å². The Morgan fingerprint density at radius 1 is 1.22 bits per heavy atom. The quantitative estimate of drug-likeness (QED) is 0.554. The van der Waals surface area contributed by atoms with Gasteiger partial charge in [0.2, 0.25) is 0 Å². The third-order valence-corrected chi connectivity index (χ3v) is 5.42. The van der Waals surface area contributed by atoms with Crippen molar-refractivity contribution in [2.75, 3.05) is 0 Å². The Kier molecular flexibility index (Phi) is 6.33. The van der Waals surface area contributed by atoms with E-state index >= 15 is 0 Å². The zero-order chi connectivity index (χ0) is 20.2. The first kappa shape index (κ1) is 20.6. The van der Waals surface area contributed by atoms with E-state index in [-0.39, 0.29) is 25.5 Å². The zero-order valence-corrected chi connectivity index (χ0v) is 16.5. The Bertz CT molecular complexity index is 919. The number of nitriles is 1. The van der Waals surface area contributed by atoms with E-state index in [4.69, 9.17) is 5.26 Å². The fraction of sp³-hybridized carbons (Fsp3) is 0.333. The van der Waals surface area contributed by atoms with Gasteiger partial charge >= 0.3 is 0 Å². The number of allylic oxidation sites excluding steroid dienone is 1. The van der Waals surface area contributed by atoms with E-state index in [9.17, 15) is 9.18 Å². The van der Waals surface area contributed by atoms with Crippen molar-refractivity contribution in [2.45, 2.75) is 46.0 Å². The first-order valence-electron chi connectivity index (χ1n) is 9.35. The number of rotatable bonds is 2. The summed E-state index contributed by atoms with van der Waals surface area (Å²) >= 11 is 0. The minimum atomic E-state index is -0.517. The predicted molar refractivity (Wildman–Crippen MR) is 112 cm³/mol. The topological polar surface area (TPSA) is 40.9 Å². The smallest absolute Gasteiger partial charge is 0.140 e. The molecule has 2 atom stereocenters. The number of benzene rings is 2. The van der Waals surface area contributed by atoms with Crippen LogP contribution in [-0.4, -0.2) is 5.78 Å². The van der Waals surface area contributed by atoms with E-state index in [2.05, 4.69) is 13.5 Å². The van der Waals surface area contributed by atoms with Gasteiger partial charge in [0.25, 0.3) is 0 Å². The Hall–Kier alpha value is -2.73. The molecule has 3 rings (SSSR count). The van der Waals surface area contributed by atoms with Gasteiger partial charge in [0.1, 0.15) is 17.7 Å². The lowest BCUT2D eigenvalue weighted by Gasteiger charge is -2.40. The number of Topliss-reactive ketones (excluding diaryl/α,β-unsaturated/α-hetero) is 1. The minimum absolute atomic E-state index is 0. The summed E-state index contributed by atoms with van der Waals surface area (Å²) in [4.78, 5) is 12.3. The molecular formula is C24H30FNO. The van der Waals surface area contributed by atoms with Crippen LogP contribution in [0.3, 0.4) is 0 Å². The summed E-state index contributed by atoms with van der Waals surface area (Å²) in [6, 6.07) is 14.4. The van der Waals surface area contributed by atoms with Crippen molar-refractivity contribution >= 4 is 5.78 Å². The van der Waals surface area contributed by atoms with Crippen LogP contribution in [0.5, 0.6) is 0 Å². The average Bonchev–Trinajstić information content (AvgIpc) is 2.68. The maximum Gasteiger partial charge on any atom is 0.140 e. The number of carbonyl (C=O) groups is 1. The highest BCUT2D eigenvalue weighted by Crippen LogP contribution is 2.44. The molecule has 0 radical (unpaired) electrons. The lowest BCUT2D eigenvalue weighted by molar-refractivity contribution is -0.125. The summed E-state index contributed by atoms with van der Waals surface area (Å²) in [5.41, 5.74) is 3.45. The molecule has 2 aromatic rings. The predicted octanol–water partition coefficient (Wildman–Crippen LogP) is 6.70. The Balaban J connectivity index is 0.00000190. The molecule has 27 heavy (non-hydrogen) atoms. The molecule has 2 aromatic carbocycles. The second-order valence-corrected chi connectivity index (χ2v) is 7.10. The van der Waals surface area contributed by atoms with Gasteiger partial charge in [-0.05, 0) is 35.2 Å². The molecule has 0 spiro atoms. The molecule has 0 N–H and O–H groups in total. The van der Waals surface area contributed by atoms with Gasteiger partial charge in [0.05, 0.1) is 5.56 Å². The molecule has 0 unspecified atom stereocenters. The summed E-state index contributed by atoms with van der Waals surface area (Å²) in [7, 11) is 0. The summed E-state index contributed by atoms with van der Waals surface area (Å²) in [5, 5.41) is 9.05. The van der Waals surface area contributed by atoms with Crippen LogP contribution in [0.15, 0.2) is 54.6 Å². The van der Waals surface area contributed by atoms with Crippen molar-refractivity contribution in [1.82, 2.24) is 0 Å². The Morgan fingerprint density at radius 2 is 1.89 bits per heavy atom. The van der Waals surface area contributed by atoms with Gasteiger partial charge in [-0.25, -0.2) is 4.39 Å². The van der Waals surface area contributed by atoms with Gasteiger partial charge in [-0.15, -0.1) is 0 Å². The van der Waals surface area contributed by atoms with Crippen molar-refractivity contribution < 1.29 is 12.0 Å². The van der Waals surface area contributed by atoms with Crippen LogP contribution in [-0.2, 0) is 10.2 Å². The average molecular weight is 368 g/mol. The SMILES string of the molecule is C=C1CC(=O)[C@H](C)[C@@](C)(c2cccc(-c3ccc(F)c(C#N)c3)c2)C1.CC.[HH].[HH]. The van der Waals surface area contributed by atoms with Crippen LogP contribution in [0.1, 0.15) is 54.5 Å². The highest BCUT2D eigenvalue weighted by Gasteiger charge is 2.41. The highest BCUT2D eigenvalue weighted by atomic mass is 19.1. The largest absolute Gasteiger partial charge is 0.299 e. The molecule has 0 bridgehead atoms. The standard InChI is InChI=1S/C22H20FNO.C2H6.2H2/c1-14-9-21(25)15(2)22(3,12-14)19-6-4-5-16(11-19)17-7-8-20(23)18(10-17)13-24;1-2;;/h4-8,10-11,15H,1,9,12H2,2-3H3;1-2H3;2*1H/t15-,22-;;;/m0.../s1.